The fourth-order valence-electron chi connectivity index (χ4n) is 3.72. The molecule has 1 N–H and O–H groups in total. The number of nitrogens with one attached hydrogen (secondary N) is 1. The zero-order valence-electron chi connectivity index (χ0n) is 17.7. The zero-order valence-corrected chi connectivity index (χ0v) is 18.5. The van der Waals surface area contributed by atoms with Crippen LogP contribution >= 0.6 is 11.3 Å². The van der Waals surface area contributed by atoms with Crippen molar-refractivity contribution in [1.82, 2.24) is 4.90 Å². The van der Waals surface area contributed by atoms with Crippen molar-refractivity contribution >= 4 is 28.6 Å². The van der Waals surface area contributed by atoms with Gasteiger partial charge in [-0.2, -0.15) is 0 Å². The molecular formula is C23H33N3O2S. The molecule has 1 aliphatic heterocycles. The second kappa shape index (κ2) is 11.2. The molecule has 0 bridgehead atoms. The fraction of sp³-hybridized carbons (Fsp3) is 0.522. The van der Waals surface area contributed by atoms with E-state index in [-0.39, 0.29) is 5.91 Å². The topological polar surface area (TPSA) is 44.8 Å². The molecule has 0 radical (unpaired) electrons. The van der Waals surface area contributed by atoms with Gasteiger partial charge in [0.15, 0.2) is 0 Å². The van der Waals surface area contributed by atoms with Crippen LogP contribution in [0.5, 0.6) is 5.75 Å². The predicted octanol–water partition coefficient (Wildman–Crippen LogP) is 4.64. The van der Waals surface area contributed by atoms with E-state index in [9.17, 15) is 4.79 Å². The van der Waals surface area contributed by atoms with Crippen molar-refractivity contribution in [1.29, 1.82) is 0 Å². The van der Waals surface area contributed by atoms with Gasteiger partial charge in [0.2, 0.25) is 5.91 Å². The van der Waals surface area contributed by atoms with Gasteiger partial charge in [0.25, 0.3) is 0 Å². The predicted molar refractivity (Wildman–Crippen MR) is 122 cm³/mol. The van der Waals surface area contributed by atoms with Gasteiger partial charge in [0, 0.05) is 49.2 Å². The normalized spacial score (nSPS) is 14.8. The number of piperazine rings is 1. The van der Waals surface area contributed by atoms with Crippen LogP contribution in [0.2, 0.25) is 0 Å². The first-order valence-electron chi connectivity index (χ1n) is 10.8. The van der Waals surface area contributed by atoms with Crippen LogP contribution in [0.25, 0.3) is 0 Å². The molecule has 158 valence electrons. The van der Waals surface area contributed by atoms with Crippen molar-refractivity contribution < 1.29 is 9.53 Å². The maximum absolute atomic E-state index is 12.4. The van der Waals surface area contributed by atoms with Crippen LogP contribution in [-0.4, -0.2) is 50.1 Å². The third-order valence-electron chi connectivity index (χ3n) is 5.22. The summed E-state index contributed by atoms with van der Waals surface area (Å²) < 4.78 is 5.84. The van der Waals surface area contributed by atoms with Crippen LogP contribution in [0.1, 0.15) is 38.0 Å². The number of benzene rings is 1. The molecule has 6 heteroatoms. The van der Waals surface area contributed by atoms with Crippen LogP contribution in [-0.2, 0) is 11.2 Å². The summed E-state index contributed by atoms with van der Waals surface area (Å²) in [5, 5.41) is 5.12. The molecule has 1 amide bonds. The summed E-state index contributed by atoms with van der Waals surface area (Å²) in [6.07, 6.45) is 3.53. The average Bonchev–Trinajstić information content (AvgIpc) is 3.24. The summed E-state index contributed by atoms with van der Waals surface area (Å²) in [6, 6.07) is 10.3. The van der Waals surface area contributed by atoms with E-state index in [0.29, 0.717) is 13.0 Å². The van der Waals surface area contributed by atoms with Crippen molar-refractivity contribution in [3.8, 4) is 5.75 Å². The first-order chi connectivity index (χ1) is 14.2. The van der Waals surface area contributed by atoms with Crippen LogP contribution in [0.3, 0.4) is 0 Å². The first-order valence-corrected chi connectivity index (χ1v) is 11.6. The Kier molecular flexibility index (Phi) is 8.38. The van der Waals surface area contributed by atoms with Gasteiger partial charge in [0.05, 0.1) is 12.3 Å². The molecule has 1 fully saturated rings. The molecule has 3 rings (SSSR count). The van der Waals surface area contributed by atoms with E-state index in [1.54, 1.807) is 11.3 Å². The molecule has 2 heterocycles. The maximum Gasteiger partial charge on any atom is 0.224 e. The summed E-state index contributed by atoms with van der Waals surface area (Å²) in [6.45, 7) is 10.2. The largest absolute Gasteiger partial charge is 0.492 e. The molecule has 5 nitrogen and oxygen atoms in total. The molecule has 0 spiro atoms. The number of rotatable bonds is 10. The van der Waals surface area contributed by atoms with Gasteiger partial charge < -0.3 is 15.0 Å². The van der Waals surface area contributed by atoms with E-state index in [1.165, 1.54) is 23.5 Å². The highest BCUT2D eigenvalue weighted by molar-refractivity contribution is 7.09. The minimum atomic E-state index is 0.0449. The lowest BCUT2D eigenvalue weighted by Gasteiger charge is -2.36. The molecule has 0 aliphatic carbocycles. The quantitative estimate of drug-likeness (QED) is 0.614. The number of hydrogen-bond donors (Lipinski definition) is 1. The van der Waals surface area contributed by atoms with Crippen LogP contribution < -0.4 is 15.0 Å². The molecule has 1 aromatic heterocycles. The van der Waals surface area contributed by atoms with Crippen molar-refractivity contribution in [2.75, 3.05) is 49.5 Å². The van der Waals surface area contributed by atoms with E-state index >= 15 is 0 Å². The number of hydrogen-bond acceptors (Lipinski definition) is 5. The number of amides is 1. The van der Waals surface area contributed by atoms with Gasteiger partial charge in [0.1, 0.15) is 5.75 Å². The molecule has 0 unspecified atom stereocenters. The van der Waals surface area contributed by atoms with E-state index < -0.39 is 0 Å². The fourth-order valence-corrected chi connectivity index (χ4v) is 4.47. The molecule has 0 atom stereocenters. The van der Waals surface area contributed by atoms with Crippen molar-refractivity contribution in [3.05, 3.63) is 40.6 Å². The Morgan fingerprint density at radius 3 is 2.69 bits per heavy atom. The molecule has 1 aliphatic rings. The van der Waals surface area contributed by atoms with Crippen molar-refractivity contribution in [2.24, 2.45) is 0 Å². The number of carbonyl (C=O) groups excluding carboxylic acids is 1. The second-order valence-corrected chi connectivity index (χ2v) is 8.46. The Hall–Kier alpha value is -2.05. The lowest BCUT2D eigenvalue weighted by molar-refractivity contribution is -0.116. The SMILES string of the molecule is CCCN1CCN(c2ccc(NC(=O)CCCc3cccs3)c(OCC)c2)CC1. The molecule has 29 heavy (non-hydrogen) atoms. The Morgan fingerprint density at radius 2 is 2.00 bits per heavy atom. The number of thiophene rings is 1. The lowest BCUT2D eigenvalue weighted by atomic mass is 10.2. The van der Waals surface area contributed by atoms with Crippen LogP contribution in [0.4, 0.5) is 11.4 Å². The highest BCUT2D eigenvalue weighted by Gasteiger charge is 2.18. The van der Waals surface area contributed by atoms with E-state index in [4.69, 9.17) is 4.74 Å². The third-order valence-corrected chi connectivity index (χ3v) is 6.16. The average molecular weight is 416 g/mol. The number of nitrogens with zero attached hydrogens (tertiary/aromatic N) is 2. The summed E-state index contributed by atoms with van der Waals surface area (Å²) in [7, 11) is 0. The minimum absolute atomic E-state index is 0.0449. The number of aryl methyl sites for hydroxylation is 1. The third kappa shape index (κ3) is 6.47. The van der Waals surface area contributed by atoms with Gasteiger partial charge in [-0.05, 0) is 56.3 Å². The molecular weight excluding hydrogens is 382 g/mol. The van der Waals surface area contributed by atoms with Gasteiger partial charge in [-0.1, -0.05) is 13.0 Å². The van der Waals surface area contributed by atoms with E-state index in [1.807, 2.05) is 13.0 Å². The Bertz CT molecular complexity index is 755. The van der Waals surface area contributed by atoms with Crippen molar-refractivity contribution in [3.63, 3.8) is 0 Å². The van der Waals surface area contributed by atoms with Crippen LogP contribution in [0, 0.1) is 0 Å². The van der Waals surface area contributed by atoms with E-state index in [0.717, 1.165) is 50.5 Å². The van der Waals surface area contributed by atoms with Gasteiger partial charge >= 0.3 is 0 Å². The Morgan fingerprint density at radius 1 is 1.17 bits per heavy atom. The Labute approximate surface area is 178 Å². The summed E-state index contributed by atoms with van der Waals surface area (Å²) in [5.74, 6) is 0.802. The van der Waals surface area contributed by atoms with Gasteiger partial charge in [-0.15, -0.1) is 11.3 Å². The highest BCUT2D eigenvalue weighted by Crippen LogP contribution is 2.31. The number of carbonyl (C=O) groups is 1. The summed E-state index contributed by atoms with van der Waals surface area (Å²) in [4.78, 5) is 18.7. The summed E-state index contributed by atoms with van der Waals surface area (Å²) >= 11 is 1.75. The minimum Gasteiger partial charge on any atom is -0.492 e. The Balaban J connectivity index is 1.56. The zero-order chi connectivity index (χ0) is 20.5. The highest BCUT2D eigenvalue weighted by atomic mass is 32.1. The monoisotopic (exact) mass is 415 g/mol. The molecule has 2 aromatic rings. The van der Waals surface area contributed by atoms with Crippen LogP contribution in [0.15, 0.2) is 35.7 Å². The number of ether oxygens (including phenoxy) is 1. The number of anilines is 2. The smallest absolute Gasteiger partial charge is 0.224 e. The van der Waals surface area contributed by atoms with E-state index in [2.05, 4.69) is 51.7 Å². The van der Waals surface area contributed by atoms with Gasteiger partial charge in [-0.25, -0.2) is 0 Å². The van der Waals surface area contributed by atoms with Gasteiger partial charge in [-0.3, -0.25) is 9.69 Å². The second-order valence-electron chi connectivity index (χ2n) is 7.42. The standard InChI is InChI=1S/C23H33N3O2S/c1-3-12-25-13-15-26(16-14-25)19-10-11-21(22(18-19)28-4-2)24-23(27)9-5-7-20-8-6-17-29-20/h6,8,10-11,17-18H,3-5,7,9,12-16H2,1-2H3,(H,24,27). The maximum atomic E-state index is 12.4. The molecule has 0 saturated carbocycles. The lowest BCUT2D eigenvalue weighted by Crippen LogP contribution is -2.46. The molecule has 1 saturated heterocycles. The molecule has 1 aromatic carbocycles. The summed E-state index contributed by atoms with van der Waals surface area (Å²) in [5.41, 5.74) is 1.93. The first kappa shape index (κ1) is 21.7. The van der Waals surface area contributed by atoms with Crippen molar-refractivity contribution in [2.45, 2.75) is 39.5 Å².